The van der Waals surface area contributed by atoms with Crippen LogP contribution < -0.4 is 15.4 Å². The number of methoxy groups -OCH3 is 1. The SMILES string of the molecule is COc1cccc(Nc2nnc(-c3ccccc3NCc3ccncc3)[nH]2)c1. The number of aromatic nitrogens is 4. The van der Waals surface area contributed by atoms with Crippen molar-refractivity contribution in [3.63, 3.8) is 0 Å². The largest absolute Gasteiger partial charge is 0.497 e. The standard InChI is InChI=1S/C21H20N6O/c1-28-17-6-4-5-16(13-17)24-21-25-20(26-27-21)18-7-2-3-8-19(18)23-14-15-9-11-22-12-10-15/h2-13,23H,14H2,1H3,(H2,24,25,26,27). The summed E-state index contributed by atoms with van der Waals surface area (Å²) in [5.41, 5.74) is 3.94. The minimum atomic E-state index is 0.562. The number of aromatic amines is 1. The van der Waals surface area contributed by atoms with Gasteiger partial charge in [-0.15, -0.1) is 10.2 Å². The summed E-state index contributed by atoms with van der Waals surface area (Å²) in [5.74, 6) is 2.02. The summed E-state index contributed by atoms with van der Waals surface area (Å²) in [6.45, 7) is 0.697. The van der Waals surface area contributed by atoms with Crippen molar-refractivity contribution in [1.29, 1.82) is 0 Å². The first-order valence-electron chi connectivity index (χ1n) is 8.88. The second kappa shape index (κ2) is 8.22. The molecule has 3 N–H and O–H groups in total. The molecule has 0 radical (unpaired) electrons. The molecule has 4 aromatic rings. The van der Waals surface area contributed by atoms with Crippen LogP contribution in [0.3, 0.4) is 0 Å². The van der Waals surface area contributed by atoms with Gasteiger partial charge in [-0.05, 0) is 42.0 Å². The average Bonchev–Trinajstić information content (AvgIpc) is 3.21. The van der Waals surface area contributed by atoms with Crippen LogP contribution in [0.5, 0.6) is 5.75 Å². The number of hydrogen-bond donors (Lipinski definition) is 3. The highest BCUT2D eigenvalue weighted by atomic mass is 16.5. The van der Waals surface area contributed by atoms with Gasteiger partial charge in [0.05, 0.1) is 7.11 Å². The van der Waals surface area contributed by atoms with E-state index in [1.54, 1.807) is 19.5 Å². The van der Waals surface area contributed by atoms with E-state index in [4.69, 9.17) is 4.74 Å². The molecular weight excluding hydrogens is 352 g/mol. The molecule has 2 aromatic carbocycles. The highest BCUT2D eigenvalue weighted by molar-refractivity contribution is 5.74. The van der Waals surface area contributed by atoms with Crippen LogP contribution in [-0.4, -0.2) is 27.3 Å². The Bertz CT molecular complexity index is 1050. The Balaban J connectivity index is 1.52. The predicted molar refractivity (Wildman–Crippen MR) is 110 cm³/mol. The smallest absolute Gasteiger partial charge is 0.226 e. The van der Waals surface area contributed by atoms with Crippen LogP contribution in [0.1, 0.15) is 5.56 Å². The van der Waals surface area contributed by atoms with Crippen molar-refractivity contribution in [3.05, 3.63) is 78.6 Å². The molecule has 0 aliphatic carbocycles. The molecule has 0 unspecified atom stereocenters. The van der Waals surface area contributed by atoms with Gasteiger partial charge in [-0.25, -0.2) is 0 Å². The highest BCUT2D eigenvalue weighted by Crippen LogP contribution is 2.27. The predicted octanol–water partition coefficient (Wildman–Crippen LogP) is 4.23. The number of hydrogen-bond acceptors (Lipinski definition) is 6. The third kappa shape index (κ3) is 4.09. The van der Waals surface area contributed by atoms with E-state index < -0.39 is 0 Å². The molecule has 0 fully saturated rings. The lowest BCUT2D eigenvalue weighted by atomic mass is 10.1. The van der Waals surface area contributed by atoms with Crippen molar-refractivity contribution in [2.45, 2.75) is 6.54 Å². The Kier molecular flexibility index (Phi) is 5.15. The van der Waals surface area contributed by atoms with Crippen molar-refractivity contribution in [2.24, 2.45) is 0 Å². The lowest BCUT2D eigenvalue weighted by Crippen LogP contribution is -2.01. The number of H-pyrrole nitrogens is 1. The maximum Gasteiger partial charge on any atom is 0.226 e. The number of pyridine rings is 1. The summed E-state index contributed by atoms with van der Waals surface area (Å²) >= 11 is 0. The molecule has 0 spiro atoms. The zero-order chi connectivity index (χ0) is 19.2. The molecule has 2 heterocycles. The van der Waals surface area contributed by atoms with Crippen molar-refractivity contribution >= 4 is 17.3 Å². The van der Waals surface area contributed by atoms with Gasteiger partial charge in [-0.2, -0.15) is 0 Å². The summed E-state index contributed by atoms with van der Waals surface area (Å²) < 4.78 is 5.25. The van der Waals surface area contributed by atoms with E-state index in [-0.39, 0.29) is 0 Å². The first kappa shape index (κ1) is 17.5. The van der Waals surface area contributed by atoms with Crippen LogP contribution in [0, 0.1) is 0 Å². The van der Waals surface area contributed by atoms with Gasteiger partial charge >= 0.3 is 0 Å². The van der Waals surface area contributed by atoms with Crippen LogP contribution in [-0.2, 0) is 6.54 Å². The molecule has 0 amide bonds. The first-order valence-corrected chi connectivity index (χ1v) is 8.88. The minimum Gasteiger partial charge on any atom is -0.497 e. The Hall–Kier alpha value is -3.87. The van der Waals surface area contributed by atoms with E-state index in [1.165, 1.54) is 0 Å². The topological polar surface area (TPSA) is 87.8 Å². The molecule has 0 aliphatic rings. The number of nitrogens with one attached hydrogen (secondary N) is 3. The van der Waals surface area contributed by atoms with E-state index in [0.29, 0.717) is 18.3 Å². The molecular formula is C21H20N6O. The van der Waals surface area contributed by atoms with Crippen LogP contribution in [0.25, 0.3) is 11.4 Å². The minimum absolute atomic E-state index is 0.562. The van der Waals surface area contributed by atoms with E-state index in [2.05, 4.69) is 30.8 Å². The van der Waals surface area contributed by atoms with Crippen LogP contribution >= 0.6 is 0 Å². The Labute approximate surface area is 162 Å². The summed E-state index contributed by atoms with van der Waals surface area (Å²) in [7, 11) is 1.64. The second-order valence-electron chi connectivity index (χ2n) is 6.13. The maximum absolute atomic E-state index is 5.25. The lowest BCUT2D eigenvalue weighted by molar-refractivity contribution is 0.415. The van der Waals surface area contributed by atoms with Crippen LogP contribution in [0.15, 0.2) is 73.1 Å². The van der Waals surface area contributed by atoms with Gasteiger partial charge in [0.25, 0.3) is 0 Å². The zero-order valence-corrected chi connectivity index (χ0v) is 15.4. The molecule has 0 saturated heterocycles. The molecule has 0 aliphatic heterocycles. The van der Waals surface area contributed by atoms with E-state index in [1.807, 2.05) is 60.7 Å². The number of nitrogens with zero attached hydrogens (tertiary/aromatic N) is 3. The third-order valence-corrected chi connectivity index (χ3v) is 4.23. The number of benzene rings is 2. The third-order valence-electron chi connectivity index (χ3n) is 4.23. The van der Waals surface area contributed by atoms with Gasteiger partial charge in [-0.3, -0.25) is 4.98 Å². The highest BCUT2D eigenvalue weighted by Gasteiger charge is 2.10. The van der Waals surface area contributed by atoms with Crippen molar-refractivity contribution in [2.75, 3.05) is 17.7 Å². The fourth-order valence-corrected chi connectivity index (χ4v) is 2.82. The summed E-state index contributed by atoms with van der Waals surface area (Å²) in [4.78, 5) is 7.28. The molecule has 28 heavy (non-hydrogen) atoms. The normalized spacial score (nSPS) is 10.5. The molecule has 7 nitrogen and oxygen atoms in total. The Morgan fingerprint density at radius 3 is 2.68 bits per heavy atom. The van der Waals surface area contributed by atoms with Gasteiger partial charge in [0.15, 0.2) is 5.82 Å². The van der Waals surface area contributed by atoms with Gasteiger partial charge in [-0.1, -0.05) is 18.2 Å². The molecule has 0 saturated carbocycles. The molecule has 0 bridgehead atoms. The van der Waals surface area contributed by atoms with Gasteiger partial charge in [0, 0.05) is 41.9 Å². The van der Waals surface area contributed by atoms with Crippen LogP contribution in [0.4, 0.5) is 17.3 Å². The van der Waals surface area contributed by atoms with Crippen molar-refractivity contribution in [3.8, 4) is 17.1 Å². The van der Waals surface area contributed by atoms with E-state index in [0.717, 1.165) is 28.3 Å². The van der Waals surface area contributed by atoms with Crippen LogP contribution in [0.2, 0.25) is 0 Å². The number of anilines is 3. The zero-order valence-electron chi connectivity index (χ0n) is 15.4. The molecule has 0 atom stereocenters. The number of para-hydroxylation sites is 1. The fourth-order valence-electron chi connectivity index (χ4n) is 2.82. The van der Waals surface area contributed by atoms with Crippen molar-refractivity contribution in [1.82, 2.24) is 20.2 Å². The van der Waals surface area contributed by atoms with E-state index >= 15 is 0 Å². The lowest BCUT2D eigenvalue weighted by Gasteiger charge is -2.10. The molecule has 2 aromatic heterocycles. The molecule has 4 rings (SSSR count). The van der Waals surface area contributed by atoms with Crippen molar-refractivity contribution < 1.29 is 4.74 Å². The fraction of sp³-hybridized carbons (Fsp3) is 0.0952. The first-order chi connectivity index (χ1) is 13.8. The summed E-state index contributed by atoms with van der Waals surface area (Å²) in [5, 5.41) is 15.2. The quantitative estimate of drug-likeness (QED) is 0.450. The Morgan fingerprint density at radius 1 is 0.964 bits per heavy atom. The number of rotatable bonds is 7. The number of ether oxygens (including phenoxy) is 1. The Morgan fingerprint density at radius 2 is 1.82 bits per heavy atom. The summed E-state index contributed by atoms with van der Waals surface area (Å²) in [6, 6.07) is 19.6. The monoisotopic (exact) mass is 372 g/mol. The maximum atomic E-state index is 5.25. The summed E-state index contributed by atoms with van der Waals surface area (Å²) in [6.07, 6.45) is 3.58. The van der Waals surface area contributed by atoms with Gasteiger partial charge in [0.1, 0.15) is 5.75 Å². The second-order valence-corrected chi connectivity index (χ2v) is 6.13. The molecule has 7 heteroatoms. The van der Waals surface area contributed by atoms with Gasteiger partial charge < -0.3 is 20.4 Å². The molecule has 140 valence electrons. The van der Waals surface area contributed by atoms with E-state index in [9.17, 15) is 0 Å². The van der Waals surface area contributed by atoms with Gasteiger partial charge in [0.2, 0.25) is 5.95 Å². The average molecular weight is 372 g/mol.